The quantitative estimate of drug-likeness (QED) is 0.344. The summed E-state index contributed by atoms with van der Waals surface area (Å²) >= 11 is 1.29. The largest absolute Gasteiger partial charge is 0.494 e. The van der Waals surface area contributed by atoms with Crippen LogP contribution in [0.5, 0.6) is 5.75 Å². The van der Waals surface area contributed by atoms with E-state index in [-0.39, 0.29) is 17.6 Å². The number of aryl methyl sites for hydroxylation is 1. The Labute approximate surface area is 203 Å². The molecule has 1 N–H and O–H groups in total. The number of tetrazole rings is 1. The first-order chi connectivity index (χ1) is 16.7. The van der Waals surface area contributed by atoms with E-state index in [1.54, 1.807) is 11.8 Å². The summed E-state index contributed by atoms with van der Waals surface area (Å²) in [6.45, 7) is 2.57. The SMILES string of the molecule is COc1ccc(C)cc1-n1nnnc1SCC(=O)NCCC(c1ccccc1)c1ccccc1. The lowest BCUT2D eigenvalue weighted by atomic mass is 9.88. The molecule has 0 aliphatic carbocycles. The van der Waals surface area contributed by atoms with Crippen LogP contribution >= 0.6 is 11.8 Å². The van der Waals surface area contributed by atoms with Gasteiger partial charge < -0.3 is 10.1 Å². The molecule has 0 aliphatic heterocycles. The maximum atomic E-state index is 12.6. The van der Waals surface area contributed by atoms with Crippen molar-refractivity contribution in [2.24, 2.45) is 0 Å². The average Bonchev–Trinajstić information content (AvgIpc) is 3.35. The smallest absolute Gasteiger partial charge is 0.230 e. The molecule has 174 valence electrons. The van der Waals surface area contributed by atoms with Gasteiger partial charge in [0.05, 0.1) is 12.9 Å². The van der Waals surface area contributed by atoms with Crippen LogP contribution in [0.1, 0.15) is 29.0 Å². The number of carbonyl (C=O) groups is 1. The zero-order valence-corrected chi connectivity index (χ0v) is 20.0. The summed E-state index contributed by atoms with van der Waals surface area (Å²) < 4.78 is 7.05. The minimum atomic E-state index is -0.0596. The highest BCUT2D eigenvalue weighted by molar-refractivity contribution is 7.99. The number of ether oxygens (including phenoxy) is 1. The fourth-order valence-electron chi connectivity index (χ4n) is 3.82. The molecule has 0 bridgehead atoms. The van der Waals surface area contributed by atoms with Crippen LogP contribution in [0.2, 0.25) is 0 Å². The van der Waals surface area contributed by atoms with E-state index in [1.165, 1.54) is 22.9 Å². The number of nitrogens with one attached hydrogen (secondary N) is 1. The Morgan fingerprint density at radius 1 is 1.03 bits per heavy atom. The van der Waals surface area contributed by atoms with Crippen molar-refractivity contribution in [2.45, 2.75) is 24.4 Å². The van der Waals surface area contributed by atoms with Gasteiger partial charge in [-0.1, -0.05) is 78.5 Å². The summed E-state index contributed by atoms with van der Waals surface area (Å²) in [6, 6.07) is 26.6. The van der Waals surface area contributed by atoms with Crippen LogP contribution < -0.4 is 10.1 Å². The monoisotopic (exact) mass is 473 g/mol. The summed E-state index contributed by atoms with van der Waals surface area (Å²) in [5.74, 6) is 1.04. The molecule has 34 heavy (non-hydrogen) atoms. The van der Waals surface area contributed by atoms with E-state index in [4.69, 9.17) is 4.74 Å². The van der Waals surface area contributed by atoms with Gasteiger partial charge in [0.15, 0.2) is 0 Å². The molecule has 0 spiro atoms. The van der Waals surface area contributed by atoms with Crippen molar-refractivity contribution >= 4 is 17.7 Å². The van der Waals surface area contributed by atoms with E-state index in [0.29, 0.717) is 17.5 Å². The third-order valence-corrected chi connectivity index (χ3v) is 6.41. The highest BCUT2D eigenvalue weighted by Gasteiger charge is 2.17. The van der Waals surface area contributed by atoms with E-state index in [2.05, 4.69) is 45.1 Å². The first-order valence-corrected chi connectivity index (χ1v) is 12.1. The number of aromatic nitrogens is 4. The van der Waals surface area contributed by atoms with Crippen LogP contribution in [0.4, 0.5) is 0 Å². The van der Waals surface area contributed by atoms with E-state index < -0.39 is 0 Å². The zero-order chi connectivity index (χ0) is 23.8. The van der Waals surface area contributed by atoms with Crippen LogP contribution in [-0.4, -0.2) is 45.5 Å². The van der Waals surface area contributed by atoms with Gasteiger partial charge >= 0.3 is 0 Å². The summed E-state index contributed by atoms with van der Waals surface area (Å²) in [4.78, 5) is 12.6. The molecule has 1 amide bonds. The molecular formula is C26H27N5O2S. The molecule has 1 heterocycles. The van der Waals surface area contributed by atoms with Gasteiger partial charge in [-0.05, 0) is 52.6 Å². The first-order valence-electron chi connectivity index (χ1n) is 11.1. The van der Waals surface area contributed by atoms with Crippen molar-refractivity contribution in [1.82, 2.24) is 25.5 Å². The lowest BCUT2D eigenvalue weighted by Gasteiger charge is -2.18. The number of methoxy groups -OCH3 is 1. The molecule has 1 aromatic heterocycles. The molecule has 0 radical (unpaired) electrons. The lowest BCUT2D eigenvalue weighted by molar-refractivity contribution is -0.118. The predicted molar refractivity (Wildman–Crippen MR) is 134 cm³/mol. The summed E-state index contributed by atoms with van der Waals surface area (Å²) in [5.41, 5.74) is 4.28. The van der Waals surface area contributed by atoms with Crippen molar-refractivity contribution < 1.29 is 9.53 Å². The second-order valence-electron chi connectivity index (χ2n) is 7.85. The maximum absolute atomic E-state index is 12.6. The van der Waals surface area contributed by atoms with Crippen LogP contribution in [0.25, 0.3) is 5.69 Å². The maximum Gasteiger partial charge on any atom is 0.230 e. The van der Waals surface area contributed by atoms with Crippen LogP contribution in [0, 0.1) is 6.92 Å². The molecule has 0 saturated carbocycles. The van der Waals surface area contributed by atoms with Gasteiger partial charge in [-0.25, -0.2) is 0 Å². The third-order valence-electron chi connectivity index (χ3n) is 5.49. The topological polar surface area (TPSA) is 81.9 Å². The number of carbonyl (C=O) groups excluding carboxylic acids is 1. The van der Waals surface area contributed by atoms with Crippen LogP contribution in [0.3, 0.4) is 0 Å². The Kier molecular flexibility index (Phi) is 7.93. The van der Waals surface area contributed by atoms with Crippen molar-refractivity contribution in [2.75, 3.05) is 19.4 Å². The minimum absolute atomic E-state index is 0.0596. The molecule has 0 fully saturated rings. The predicted octanol–water partition coefficient (Wildman–Crippen LogP) is 4.41. The van der Waals surface area contributed by atoms with Gasteiger partial charge in [-0.15, -0.1) is 5.10 Å². The molecule has 3 aromatic carbocycles. The number of hydrogen-bond donors (Lipinski definition) is 1. The van der Waals surface area contributed by atoms with Crippen molar-refractivity contribution in [3.05, 3.63) is 95.6 Å². The Bertz CT molecular complexity index is 1170. The molecular weight excluding hydrogens is 446 g/mol. The fraction of sp³-hybridized carbons (Fsp3) is 0.231. The summed E-state index contributed by atoms with van der Waals surface area (Å²) in [5, 5.41) is 15.5. The molecule has 0 aliphatic rings. The Hall–Kier alpha value is -3.65. The van der Waals surface area contributed by atoms with Gasteiger partial charge in [-0.2, -0.15) is 4.68 Å². The van der Waals surface area contributed by atoms with Crippen LogP contribution in [-0.2, 0) is 4.79 Å². The molecule has 0 atom stereocenters. The van der Waals surface area contributed by atoms with E-state index in [9.17, 15) is 4.79 Å². The number of hydrogen-bond acceptors (Lipinski definition) is 6. The fourth-order valence-corrected chi connectivity index (χ4v) is 4.53. The number of amides is 1. The minimum Gasteiger partial charge on any atom is -0.494 e. The first kappa shape index (κ1) is 23.5. The van der Waals surface area contributed by atoms with Gasteiger partial charge in [0.2, 0.25) is 11.1 Å². The number of rotatable bonds is 10. The molecule has 4 rings (SSSR count). The Morgan fingerprint density at radius 3 is 2.35 bits per heavy atom. The standard InChI is InChI=1S/C26H27N5O2S/c1-19-13-14-24(33-2)23(17-19)31-26(28-29-30-31)34-18-25(32)27-16-15-22(20-9-5-3-6-10-20)21-11-7-4-8-12-21/h3-14,17,22H,15-16,18H2,1-2H3,(H,27,32). The second-order valence-corrected chi connectivity index (χ2v) is 8.79. The molecule has 4 aromatic rings. The van der Waals surface area contributed by atoms with Gasteiger partial charge in [0.1, 0.15) is 11.4 Å². The van der Waals surface area contributed by atoms with E-state index >= 15 is 0 Å². The average molecular weight is 474 g/mol. The normalized spacial score (nSPS) is 10.9. The van der Waals surface area contributed by atoms with Gasteiger partial charge in [-0.3, -0.25) is 4.79 Å². The summed E-state index contributed by atoms with van der Waals surface area (Å²) in [7, 11) is 1.61. The Morgan fingerprint density at radius 2 is 1.71 bits per heavy atom. The molecule has 7 nitrogen and oxygen atoms in total. The van der Waals surface area contributed by atoms with E-state index in [0.717, 1.165) is 17.7 Å². The van der Waals surface area contributed by atoms with Crippen molar-refractivity contribution in [3.8, 4) is 11.4 Å². The highest BCUT2D eigenvalue weighted by atomic mass is 32.2. The van der Waals surface area contributed by atoms with Crippen LogP contribution in [0.15, 0.2) is 84.0 Å². The zero-order valence-electron chi connectivity index (χ0n) is 19.2. The van der Waals surface area contributed by atoms with E-state index in [1.807, 2.05) is 61.5 Å². The third kappa shape index (κ3) is 5.82. The number of nitrogens with zero attached hydrogens (tertiary/aromatic N) is 4. The van der Waals surface area contributed by atoms with Gasteiger partial charge in [0.25, 0.3) is 0 Å². The molecule has 8 heteroatoms. The lowest BCUT2D eigenvalue weighted by Crippen LogP contribution is -2.27. The summed E-state index contributed by atoms with van der Waals surface area (Å²) in [6.07, 6.45) is 0.808. The molecule has 0 saturated heterocycles. The number of thioether (sulfide) groups is 1. The van der Waals surface area contributed by atoms with Gasteiger partial charge in [0, 0.05) is 12.5 Å². The Balaban J connectivity index is 1.36. The second kappa shape index (κ2) is 11.5. The van der Waals surface area contributed by atoms with Crippen molar-refractivity contribution in [1.29, 1.82) is 0 Å². The van der Waals surface area contributed by atoms with Crippen molar-refractivity contribution in [3.63, 3.8) is 0 Å². The number of benzene rings is 3. The molecule has 0 unspecified atom stereocenters. The highest BCUT2D eigenvalue weighted by Crippen LogP contribution is 2.28.